The number of hydrogen-bond acceptors (Lipinski definition) is 6. The van der Waals surface area contributed by atoms with E-state index < -0.39 is 0 Å². The molecule has 0 atom stereocenters. The van der Waals surface area contributed by atoms with E-state index in [1.54, 1.807) is 10.8 Å². The van der Waals surface area contributed by atoms with Gasteiger partial charge >= 0.3 is 0 Å². The molecule has 6 nitrogen and oxygen atoms in total. The second-order valence-corrected chi connectivity index (χ2v) is 8.56. The van der Waals surface area contributed by atoms with Crippen LogP contribution in [0.2, 0.25) is 0 Å². The zero-order valence-corrected chi connectivity index (χ0v) is 17.8. The number of furan rings is 1. The Morgan fingerprint density at radius 2 is 1.83 bits per heavy atom. The lowest BCUT2D eigenvalue weighted by Gasteiger charge is -2.08. The van der Waals surface area contributed by atoms with Gasteiger partial charge in [-0.2, -0.15) is 9.61 Å². The third kappa shape index (κ3) is 2.84. The van der Waals surface area contributed by atoms with Crippen molar-refractivity contribution in [3.8, 4) is 33.4 Å². The molecule has 0 aliphatic heterocycles. The van der Waals surface area contributed by atoms with Gasteiger partial charge in [-0.3, -0.25) is 0 Å². The lowest BCUT2D eigenvalue weighted by molar-refractivity contribution is 0.575. The van der Waals surface area contributed by atoms with Crippen molar-refractivity contribution in [1.29, 1.82) is 0 Å². The number of pyridine rings is 1. The number of rotatable bonds is 3. The van der Waals surface area contributed by atoms with Crippen LogP contribution in [0.5, 0.6) is 0 Å². The second-order valence-electron chi connectivity index (χ2n) is 6.69. The van der Waals surface area contributed by atoms with Gasteiger partial charge in [-0.05, 0) is 36.4 Å². The Morgan fingerprint density at radius 1 is 0.933 bits per heavy atom. The molecule has 144 valence electrons. The van der Waals surface area contributed by atoms with Crippen LogP contribution in [-0.4, -0.2) is 24.8 Å². The van der Waals surface area contributed by atoms with Gasteiger partial charge in [0.15, 0.2) is 5.76 Å². The molecule has 0 bridgehead atoms. The Morgan fingerprint density at radius 3 is 2.67 bits per heavy atom. The van der Waals surface area contributed by atoms with Crippen LogP contribution in [0.4, 0.5) is 0 Å². The van der Waals surface area contributed by atoms with Gasteiger partial charge in [-0.15, -0.1) is 10.2 Å². The fourth-order valence-corrected chi connectivity index (χ4v) is 4.65. The van der Waals surface area contributed by atoms with Gasteiger partial charge in [0.05, 0.1) is 17.5 Å². The van der Waals surface area contributed by atoms with E-state index in [0.717, 1.165) is 37.2 Å². The van der Waals surface area contributed by atoms with Crippen LogP contribution in [-0.2, 0) is 0 Å². The van der Waals surface area contributed by atoms with Gasteiger partial charge in [0.1, 0.15) is 5.01 Å². The highest BCUT2D eigenvalue weighted by Crippen LogP contribution is 2.36. The van der Waals surface area contributed by atoms with Gasteiger partial charge in [0.25, 0.3) is 0 Å². The minimum Gasteiger partial charge on any atom is -0.461 e. The summed E-state index contributed by atoms with van der Waals surface area (Å²) in [7, 11) is 0. The largest absolute Gasteiger partial charge is 0.461 e. The van der Waals surface area contributed by atoms with Crippen molar-refractivity contribution in [1.82, 2.24) is 24.8 Å². The SMILES string of the molecule is Brc1ccc2nc(-c3ccccc3)cc(-c3nn4c(-c5ccco5)nnc4s3)c2c1. The first-order valence-electron chi connectivity index (χ1n) is 9.18. The first-order chi connectivity index (χ1) is 14.8. The van der Waals surface area contributed by atoms with Crippen molar-refractivity contribution in [3.05, 3.63) is 77.5 Å². The molecule has 30 heavy (non-hydrogen) atoms. The Bertz CT molecular complexity index is 1510. The molecular formula is C22H12BrN5OS. The number of nitrogens with zero attached hydrogens (tertiary/aromatic N) is 5. The molecule has 0 unspecified atom stereocenters. The summed E-state index contributed by atoms with van der Waals surface area (Å²) in [6.45, 7) is 0. The van der Waals surface area contributed by atoms with E-state index in [9.17, 15) is 0 Å². The van der Waals surface area contributed by atoms with E-state index in [-0.39, 0.29) is 0 Å². The predicted molar refractivity (Wildman–Crippen MR) is 120 cm³/mol. The molecule has 0 amide bonds. The van der Waals surface area contributed by atoms with E-state index in [0.29, 0.717) is 16.5 Å². The summed E-state index contributed by atoms with van der Waals surface area (Å²) in [6.07, 6.45) is 1.61. The van der Waals surface area contributed by atoms with Crippen LogP contribution in [0.1, 0.15) is 0 Å². The Hall–Kier alpha value is -3.36. The normalized spacial score (nSPS) is 11.5. The summed E-state index contributed by atoms with van der Waals surface area (Å²) in [5.74, 6) is 1.21. The number of halogens is 1. The molecule has 2 aromatic carbocycles. The highest BCUT2D eigenvalue weighted by atomic mass is 79.9. The number of benzene rings is 2. The Labute approximate surface area is 183 Å². The summed E-state index contributed by atoms with van der Waals surface area (Å²) in [5, 5.41) is 15.2. The molecule has 8 heteroatoms. The van der Waals surface area contributed by atoms with Gasteiger partial charge < -0.3 is 4.42 Å². The quantitative estimate of drug-likeness (QED) is 0.311. The van der Waals surface area contributed by atoms with Crippen LogP contribution in [0.15, 0.2) is 81.9 Å². The summed E-state index contributed by atoms with van der Waals surface area (Å²) in [5.41, 5.74) is 3.87. The molecule has 0 saturated heterocycles. The van der Waals surface area contributed by atoms with Crippen LogP contribution < -0.4 is 0 Å². The van der Waals surface area contributed by atoms with Crippen molar-refractivity contribution in [3.63, 3.8) is 0 Å². The monoisotopic (exact) mass is 473 g/mol. The van der Waals surface area contributed by atoms with E-state index in [1.807, 2.05) is 42.5 Å². The van der Waals surface area contributed by atoms with Crippen molar-refractivity contribution in [2.45, 2.75) is 0 Å². The molecule has 0 N–H and O–H groups in total. The Balaban J connectivity index is 1.60. The summed E-state index contributed by atoms with van der Waals surface area (Å²) in [4.78, 5) is 5.58. The molecule has 0 spiro atoms. The maximum atomic E-state index is 5.49. The third-order valence-electron chi connectivity index (χ3n) is 4.80. The molecule has 0 aliphatic rings. The fourth-order valence-electron chi connectivity index (χ4n) is 3.42. The van der Waals surface area contributed by atoms with E-state index >= 15 is 0 Å². The minimum atomic E-state index is 0.584. The summed E-state index contributed by atoms with van der Waals surface area (Å²) < 4.78 is 8.21. The minimum absolute atomic E-state index is 0.584. The maximum absolute atomic E-state index is 5.49. The average molecular weight is 474 g/mol. The van der Waals surface area contributed by atoms with Crippen LogP contribution in [0, 0.1) is 0 Å². The summed E-state index contributed by atoms with van der Waals surface area (Å²) in [6, 6.07) is 22.0. The summed E-state index contributed by atoms with van der Waals surface area (Å²) >= 11 is 5.07. The first-order valence-corrected chi connectivity index (χ1v) is 10.8. The maximum Gasteiger partial charge on any atom is 0.235 e. The smallest absolute Gasteiger partial charge is 0.235 e. The molecule has 0 radical (unpaired) electrons. The molecule has 6 aromatic rings. The third-order valence-corrected chi connectivity index (χ3v) is 6.23. The van der Waals surface area contributed by atoms with Crippen molar-refractivity contribution < 1.29 is 4.42 Å². The standard InChI is InChI=1S/C22H12BrN5OS/c23-14-8-9-17-15(11-14)16(12-18(24-17)13-5-2-1-3-6-13)21-27-28-20(19-7-4-10-29-19)25-26-22(28)30-21/h1-12H. The second kappa shape index (κ2) is 6.86. The zero-order valence-electron chi connectivity index (χ0n) is 15.4. The number of fused-ring (bicyclic) bond motifs is 2. The van der Waals surface area contributed by atoms with Gasteiger partial charge in [0.2, 0.25) is 10.8 Å². The van der Waals surface area contributed by atoms with Crippen LogP contribution in [0.3, 0.4) is 0 Å². The van der Waals surface area contributed by atoms with Crippen LogP contribution >= 0.6 is 27.3 Å². The van der Waals surface area contributed by atoms with E-state index in [4.69, 9.17) is 14.5 Å². The highest BCUT2D eigenvalue weighted by Gasteiger charge is 2.18. The van der Waals surface area contributed by atoms with Crippen LogP contribution in [0.25, 0.3) is 49.3 Å². The lowest BCUT2D eigenvalue weighted by atomic mass is 10.0. The molecule has 4 heterocycles. The average Bonchev–Trinajstić information content (AvgIpc) is 3.51. The Kier molecular flexibility index (Phi) is 4.00. The highest BCUT2D eigenvalue weighted by molar-refractivity contribution is 9.10. The number of aromatic nitrogens is 5. The molecular weight excluding hydrogens is 462 g/mol. The van der Waals surface area contributed by atoms with E-state index in [2.05, 4.69) is 50.4 Å². The van der Waals surface area contributed by atoms with E-state index in [1.165, 1.54) is 11.3 Å². The lowest BCUT2D eigenvalue weighted by Crippen LogP contribution is -1.92. The fraction of sp³-hybridized carbons (Fsp3) is 0. The molecule has 0 aliphatic carbocycles. The molecule has 6 rings (SSSR count). The first kappa shape index (κ1) is 17.5. The van der Waals surface area contributed by atoms with Crippen molar-refractivity contribution >= 4 is 43.1 Å². The zero-order chi connectivity index (χ0) is 20.1. The predicted octanol–water partition coefficient (Wildman–Crippen LogP) is 6.09. The van der Waals surface area contributed by atoms with Gasteiger partial charge in [-0.25, -0.2) is 4.98 Å². The molecule has 0 fully saturated rings. The molecule has 0 saturated carbocycles. The number of hydrogen-bond donors (Lipinski definition) is 0. The molecule has 4 aromatic heterocycles. The topological polar surface area (TPSA) is 69.1 Å². The van der Waals surface area contributed by atoms with Gasteiger partial charge in [-0.1, -0.05) is 57.6 Å². The van der Waals surface area contributed by atoms with Crippen molar-refractivity contribution in [2.75, 3.05) is 0 Å². The van der Waals surface area contributed by atoms with Crippen molar-refractivity contribution in [2.24, 2.45) is 0 Å². The van der Waals surface area contributed by atoms with Gasteiger partial charge in [0, 0.05) is 21.0 Å².